The lowest BCUT2D eigenvalue weighted by molar-refractivity contribution is 1.06. The molecule has 13 heavy (non-hydrogen) atoms. The molecular weight excluding hydrogens is 162 g/mol. The predicted octanol–water partition coefficient (Wildman–Crippen LogP) is 3.11. The minimum absolute atomic E-state index is 0.255. The highest BCUT2D eigenvalue weighted by molar-refractivity contribution is 5.82. The summed E-state index contributed by atoms with van der Waals surface area (Å²) in [6, 6.07) is 14.0. The van der Waals surface area contributed by atoms with Crippen molar-refractivity contribution >= 4 is 10.8 Å². The van der Waals surface area contributed by atoms with E-state index in [0.717, 1.165) is 10.9 Å². The fraction of sp³-hybridized carbons (Fsp3) is 0.0909. The van der Waals surface area contributed by atoms with Gasteiger partial charge in [0.05, 0.1) is 0 Å². The number of nitrogens with zero attached hydrogens (tertiary/aromatic N) is 1. The molecule has 0 amide bonds. The van der Waals surface area contributed by atoms with Crippen LogP contribution in [0.3, 0.4) is 0 Å². The van der Waals surface area contributed by atoms with Crippen LogP contribution in [0.5, 0.6) is 0 Å². The number of hydrogen-bond acceptors (Lipinski definition) is 2. The van der Waals surface area contributed by atoms with Crippen molar-refractivity contribution in [3.05, 3.63) is 52.9 Å². The van der Waals surface area contributed by atoms with Crippen molar-refractivity contribution in [2.45, 2.75) is 6.54 Å². The van der Waals surface area contributed by atoms with Crippen molar-refractivity contribution in [3.8, 4) is 0 Å². The van der Waals surface area contributed by atoms with Crippen molar-refractivity contribution in [2.75, 3.05) is 0 Å². The van der Waals surface area contributed by atoms with Gasteiger partial charge in [0.1, 0.15) is 6.54 Å². The second-order valence-corrected chi connectivity index (χ2v) is 2.97. The summed E-state index contributed by atoms with van der Waals surface area (Å²) in [5.74, 6) is 0. The van der Waals surface area contributed by atoms with Crippen LogP contribution in [-0.4, -0.2) is 0 Å². The molecule has 0 saturated heterocycles. The quantitative estimate of drug-likeness (QED) is 0.638. The zero-order valence-electron chi connectivity index (χ0n) is 7.10. The van der Waals surface area contributed by atoms with Crippen LogP contribution in [-0.2, 0) is 6.54 Å². The molecular formula is C11H9NO. The molecule has 0 unspecified atom stereocenters. The Morgan fingerprint density at radius 3 is 2.54 bits per heavy atom. The SMILES string of the molecule is O=NCc1ccc2ccccc2c1. The summed E-state index contributed by atoms with van der Waals surface area (Å²) in [6.07, 6.45) is 0. The molecule has 0 atom stereocenters. The van der Waals surface area contributed by atoms with E-state index in [1.807, 2.05) is 42.5 Å². The van der Waals surface area contributed by atoms with Gasteiger partial charge in [0.25, 0.3) is 0 Å². The van der Waals surface area contributed by atoms with Crippen LogP contribution >= 0.6 is 0 Å². The van der Waals surface area contributed by atoms with Crippen LogP contribution in [0.25, 0.3) is 10.8 Å². The number of hydrogen-bond donors (Lipinski definition) is 0. The van der Waals surface area contributed by atoms with Crippen LogP contribution in [0.1, 0.15) is 5.56 Å². The summed E-state index contributed by atoms with van der Waals surface area (Å²) in [6.45, 7) is 0.255. The highest BCUT2D eigenvalue weighted by Gasteiger charge is 1.94. The monoisotopic (exact) mass is 171 g/mol. The molecule has 2 aromatic rings. The highest BCUT2D eigenvalue weighted by Crippen LogP contribution is 2.15. The molecule has 0 spiro atoms. The Kier molecular flexibility index (Phi) is 2.04. The maximum atomic E-state index is 10.1. The first-order valence-electron chi connectivity index (χ1n) is 4.17. The summed E-state index contributed by atoms with van der Waals surface area (Å²) < 4.78 is 0. The maximum absolute atomic E-state index is 10.1. The van der Waals surface area contributed by atoms with E-state index >= 15 is 0 Å². The van der Waals surface area contributed by atoms with Gasteiger partial charge in [-0.25, -0.2) is 0 Å². The average Bonchev–Trinajstić information content (AvgIpc) is 2.18. The molecule has 0 aliphatic heterocycles. The van der Waals surface area contributed by atoms with Gasteiger partial charge in [0.2, 0.25) is 0 Å². The minimum Gasteiger partial charge on any atom is -0.150 e. The molecule has 0 saturated carbocycles. The van der Waals surface area contributed by atoms with Crippen molar-refractivity contribution in [1.29, 1.82) is 0 Å². The van der Waals surface area contributed by atoms with E-state index in [-0.39, 0.29) is 6.54 Å². The maximum Gasteiger partial charge on any atom is 0.106 e. The van der Waals surface area contributed by atoms with Crippen molar-refractivity contribution < 1.29 is 0 Å². The van der Waals surface area contributed by atoms with Crippen LogP contribution in [0.15, 0.2) is 47.6 Å². The van der Waals surface area contributed by atoms with Crippen molar-refractivity contribution in [1.82, 2.24) is 0 Å². The summed E-state index contributed by atoms with van der Waals surface area (Å²) in [4.78, 5) is 10.1. The molecule has 2 nitrogen and oxygen atoms in total. The van der Waals surface area contributed by atoms with Gasteiger partial charge in [-0.3, -0.25) is 0 Å². The molecule has 0 aliphatic rings. The molecule has 2 rings (SSSR count). The van der Waals surface area contributed by atoms with Gasteiger partial charge in [-0.05, 0) is 22.4 Å². The Labute approximate surface area is 76.2 Å². The number of benzene rings is 2. The van der Waals surface area contributed by atoms with E-state index in [0.29, 0.717) is 0 Å². The molecule has 0 aromatic heterocycles. The Morgan fingerprint density at radius 2 is 1.77 bits per heavy atom. The topological polar surface area (TPSA) is 29.4 Å². The van der Waals surface area contributed by atoms with Gasteiger partial charge < -0.3 is 0 Å². The standard InChI is InChI=1S/C11H9NO/c13-12-8-9-5-6-10-3-1-2-4-11(10)7-9/h1-7H,8H2. The third-order valence-corrected chi connectivity index (χ3v) is 2.06. The summed E-state index contributed by atoms with van der Waals surface area (Å²) >= 11 is 0. The lowest BCUT2D eigenvalue weighted by Gasteiger charge is -1.98. The lowest BCUT2D eigenvalue weighted by atomic mass is 10.1. The largest absolute Gasteiger partial charge is 0.150 e. The van der Waals surface area contributed by atoms with Crippen molar-refractivity contribution in [3.63, 3.8) is 0 Å². The van der Waals surface area contributed by atoms with E-state index in [9.17, 15) is 4.91 Å². The normalized spacial score (nSPS) is 10.2. The van der Waals surface area contributed by atoms with E-state index in [1.165, 1.54) is 5.39 Å². The van der Waals surface area contributed by atoms with Gasteiger partial charge in [-0.1, -0.05) is 41.6 Å². The average molecular weight is 171 g/mol. The summed E-state index contributed by atoms with van der Waals surface area (Å²) in [7, 11) is 0. The number of fused-ring (bicyclic) bond motifs is 1. The molecule has 0 aliphatic carbocycles. The summed E-state index contributed by atoms with van der Waals surface area (Å²) in [5.41, 5.74) is 0.966. The Morgan fingerprint density at radius 1 is 1.00 bits per heavy atom. The van der Waals surface area contributed by atoms with Gasteiger partial charge >= 0.3 is 0 Å². The van der Waals surface area contributed by atoms with Gasteiger partial charge in [-0.15, -0.1) is 0 Å². The van der Waals surface area contributed by atoms with Crippen LogP contribution < -0.4 is 0 Å². The van der Waals surface area contributed by atoms with Gasteiger partial charge in [-0.2, -0.15) is 4.91 Å². The second-order valence-electron chi connectivity index (χ2n) is 2.97. The molecule has 0 fully saturated rings. The minimum atomic E-state index is 0.255. The van der Waals surface area contributed by atoms with Gasteiger partial charge in [0.15, 0.2) is 0 Å². The zero-order chi connectivity index (χ0) is 9.10. The fourth-order valence-electron chi connectivity index (χ4n) is 1.41. The van der Waals surface area contributed by atoms with Crippen LogP contribution in [0.4, 0.5) is 0 Å². The van der Waals surface area contributed by atoms with E-state index in [4.69, 9.17) is 0 Å². The molecule has 0 radical (unpaired) electrons. The smallest absolute Gasteiger partial charge is 0.106 e. The third kappa shape index (κ3) is 1.56. The van der Waals surface area contributed by atoms with E-state index in [1.54, 1.807) is 0 Å². The first-order chi connectivity index (χ1) is 6.40. The van der Waals surface area contributed by atoms with Crippen LogP contribution in [0, 0.1) is 4.91 Å². The van der Waals surface area contributed by atoms with E-state index < -0.39 is 0 Å². The van der Waals surface area contributed by atoms with Gasteiger partial charge in [0, 0.05) is 0 Å². The first kappa shape index (κ1) is 7.92. The fourth-order valence-corrected chi connectivity index (χ4v) is 1.41. The Hall–Kier alpha value is -1.70. The van der Waals surface area contributed by atoms with E-state index in [2.05, 4.69) is 5.18 Å². The zero-order valence-corrected chi connectivity index (χ0v) is 7.10. The highest BCUT2D eigenvalue weighted by atomic mass is 16.3. The first-order valence-corrected chi connectivity index (χ1v) is 4.17. The number of rotatable bonds is 2. The second kappa shape index (κ2) is 3.35. The summed E-state index contributed by atoms with van der Waals surface area (Å²) in [5, 5.41) is 5.21. The molecule has 0 N–H and O–H groups in total. The predicted molar refractivity (Wildman–Crippen MR) is 53.4 cm³/mol. The number of nitroso groups, excluding NO2 is 1. The molecule has 2 aromatic carbocycles. The Balaban J connectivity index is 2.55. The van der Waals surface area contributed by atoms with Crippen LogP contribution in [0.2, 0.25) is 0 Å². The molecule has 2 heteroatoms. The third-order valence-electron chi connectivity index (χ3n) is 2.06. The molecule has 0 bridgehead atoms. The van der Waals surface area contributed by atoms with Crippen molar-refractivity contribution in [2.24, 2.45) is 5.18 Å². The Bertz CT molecular complexity index is 437. The molecule has 64 valence electrons. The molecule has 0 heterocycles. The lowest BCUT2D eigenvalue weighted by Crippen LogP contribution is -1.80.